The molecule has 2 rings (SSSR count). The molecule has 0 aliphatic carbocycles. The Labute approximate surface area is 156 Å². The van der Waals surface area contributed by atoms with Gasteiger partial charge in [0.25, 0.3) is 5.56 Å². The van der Waals surface area contributed by atoms with E-state index < -0.39 is 59.0 Å². The summed E-state index contributed by atoms with van der Waals surface area (Å²) in [6.07, 6.45) is -1.58. The Bertz CT molecular complexity index is 1120. The molecule has 0 saturated carbocycles. The zero-order chi connectivity index (χ0) is 24.1. The van der Waals surface area contributed by atoms with Crippen molar-refractivity contribution in [3.8, 4) is 0 Å². The van der Waals surface area contributed by atoms with Gasteiger partial charge in [0.05, 0.1) is 19.4 Å². The lowest BCUT2D eigenvalue weighted by atomic mass is 10.0. The van der Waals surface area contributed by atoms with Crippen LogP contribution in [0.3, 0.4) is 0 Å². The Morgan fingerprint density at radius 1 is 1.42 bits per heavy atom. The van der Waals surface area contributed by atoms with Crippen molar-refractivity contribution in [3.05, 3.63) is 45.6 Å². The van der Waals surface area contributed by atoms with Crippen LogP contribution in [-0.4, -0.2) is 33.9 Å². The minimum Gasteiger partial charge on any atom is -0.478 e. The standard InChI is InChI=1S/C18H21FN2O5/c1-6-20(17(25)26-18(3,4)5)21-10(2)13(16(23)24)11-8-7-9-12(19)14(11)15(21)22/h7-9H,6H2,1-5H3,(H,23,24)/i1D3,6D2. The summed E-state index contributed by atoms with van der Waals surface area (Å²) >= 11 is 0. The molecule has 8 heteroatoms. The van der Waals surface area contributed by atoms with Gasteiger partial charge in [-0.15, -0.1) is 0 Å². The van der Waals surface area contributed by atoms with Gasteiger partial charge in [-0.25, -0.2) is 23.7 Å². The van der Waals surface area contributed by atoms with Gasteiger partial charge in [0, 0.05) is 16.0 Å². The molecular weight excluding hydrogens is 343 g/mol. The summed E-state index contributed by atoms with van der Waals surface area (Å²) < 4.78 is 58.5. The average molecular weight is 369 g/mol. The highest BCUT2D eigenvalue weighted by Gasteiger charge is 2.28. The predicted molar refractivity (Wildman–Crippen MR) is 94.9 cm³/mol. The van der Waals surface area contributed by atoms with Crippen LogP contribution in [0.5, 0.6) is 0 Å². The number of benzene rings is 1. The lowest BCUT2D eigenvalue weighted by Crippen LogP contribution is -2.50. The van der Waals surface area contributed by atoms with E-state index in [4.69, 9.17) is 11.6 Å². The van der Waals surface area contributed by atoms with E-state index in [1.165, 1.54) is 32.9 Å². The van der Waals surface area contributed by atoms with E-state index in [2.05, 4.69) is 0 Å². The van der Waals surface area contributed by atoms with Gasteiger partial charge in [-0.1, -0.05) is 12.1 Å². The maximum Gasteiger partial charge on any atom is 0.429 e. The molecule has 140 valence electrons. The van der Waals surface area contributed by atoms with Crippen LogP contribution in [0.2, 0.25) is 0 Å². The first-order valence-corrected chi connectivity index (χ1v) is 7.52. The summed E-state index contributed by atoms with van der Waals surface area (Å²) in [5, 5.41) is 8.50. The SMILES string of the molecule is [2H]C([2H])([2H])C([2H])([2H])N(C(=O)OC(C)(C)C)n1c(C)c(C(=O)O)c2cccc(F)c2c1=O. The normalized spacial score (nSPS) is 15.3. The Morgan fingerprint density at radius 3 is 2.62 bits per heavy atom. The summed E-state index contributed by atoms with van der Waals surface area (Å²) in [5.41, 5.74) is -3.65. The van der Waals surface area contributed by atoms with Crippen molar-refractivity contribution in [1.82, 2.24) is 4.68 Å². The first kappa shape index (κ1) is 13.3. The Balaban J connectivity index is 3.07. The molecule has 0 aliphatic rings. The minimum absolute atomic E-state index is 0.124. The number of fused-ring (bicyclic) bond motifs is 1. The number of rotatable bonds is 3. The number of aromatic nitrogens is 1. The van der Waals surface area contributed by atoms with Gasteiger partial charge < -0.3 is 9.84 Å². The molecule has 1 aromatic heterocycles. The number of halogens is 1. The zero-order valence-electron chi connectivity index (χ0n) is 19.6. The molecule has 1 aromatic carbocycles. The summed E-state index contributed by atoms with van der Waals surface area (Å²) in [7, 11) is 0. The number of ether oxygens (including phenoxy) is 1. The van der Waals surface area contributed by atoms with Crippen molar-refractivity contribution in [3.63, 3.8) is 0 Å². The van der Waals surface area contributed by atoms with Gasteiger partial charge in [0.2, 0.25) is 0 Å². The molecular formula is C18H21FN2O5. The number of aromatic carboxylic acids is 1. The summed E-state index contributed by atoms with van der Waals surface area (Å²) in [5.74, 6) is -2.72. The summed E-state index contributed by atoms with van der Waals surface area (Å²) in [4.78, 5) is 37.9. The quantitative estimate of drug-likeness (QED) is 0.898. The molecule has 0 aliphatic heterocycles. The van der Waals surface area contributed by atoms with Crippen molar-refractivity contribution < 1.29 is 30.7 Å². The second-order valence-electron chi connectivity index (χ2n) is 6.45. The maximum absolute atomic E-state index is 14.5. The van der Waals surface area contributed by atoms with Gasteiger partial charge in [-0.05, 0) is 40.6 Å². The first-order valence-electron chi connectivity index (χ1n) is 10.0. The Morgan fingerprint density at radius 2 is 2.08 bits per heavy atom. The smallest absolute Gasteiger partial charge is 0.429 e. The molecule has 26 heavy (non-hydrogen) atoms. The summed E-state index contributed by atoms with van der Waals surface area (Å²) in [6.45, 7) is -1.67. The largest absolute Gasteiger partial charge is 0.478 e. The zero-order valence-corrected chi connectivity index (χ0v) is 14.6. The van der Waals surface area contributed by atoms with E-state index in [0.717, 1.165) is 13.0 Å². The van der Waals surface area contributed by atoms with Crippen molar-refractivity contribution >= 4 is 22.8 Å². The van der Waals surface area contributed by atoms with Crippen LogP contribution in [0.1, 0.15) is 50.5 Å². The van der Waals surface area contributed by atoms with Crippen LogP contribution < -0.4 is 10.6 Å². The minimum atomic E-state index is -3.53. The highest BCUT2D eigenvalue weighted by Crippen LogP contribution is 2.22. The molecule has 0 atom stereocenters. The van der Waals surface area contributed by atoms with Crippen LogP contribution in [0.15, 0.2) is 23.0 Å². The van der Waals surface area contributed by atoms with Crippen molar-refractivity contribution in [2.24, 2.45) is 0 Å². The maximum atomic E-state index is 14.5. The Hall–Kier alpha value is -2.90. The van der Waals surface area contributed by atoms with Crippen LogP contribution in [-0.2, 0) is 4.74 Å². The summed E-state index contributed by atoms with van der Waals surface area (Å²) in [6, 6.07) is 3.24. The third-order valence-corrected chi connectivity index (χ3v) is 3.45. The van der Waals surface area contributed by atoms with Gasteiger partial charge in [0.1, 0.15) is 11.4 Å². The van der Waals surface area contributed by atoms with Crippen molar-refractivity contribution in [2.75, 3.05) is 11.5 Å². The fourth-order valence-electron chi connectivity index (χ4n) is 2.50. The van der Waals surface area contributed by atoms with E-state index >= 15 is 0 Å². The topological polar surface area (TPSA) is 88.8 Å². The average Bonchev–Trinajstić information content (AvgIpc) is 2.55. The molecule has 0 unspecified atom stereocenters. The van der Waals surface area contributed by atoms with Crippen molar-refractivity contribution in [1.29, 1.82) is 0 Å². The van der Waals surface area contributed by atoms with E-state index in [1.807, 2.05) is 0 Å². The van der Waals surface area contributed by atoms with Gasteiger partial charge in [0.15, 0.2) is 0 Å². The predicted octanol–water partition coefficient (Wildman–Crippen LogP) is 3.04. The lowest BCUT2D eigenvalue weighted by molar-refractivity contribution is 0.0534. The van der Waals surface area contributed by atoms with Gasteiger partial charge in [-0.3, -0.25) is 4.79 Å². The van der Waals surface area contributed by atoms with Crippen LogP contribution in [0.4, 0.5) is 9.18 Å². The number of nitrogens with zero attached hydrogens (tertiary/aromatic N) is 2. The van der Waals surface area contributed by atoms with Gasteiger partial charge >= 0.3 is 12.1 Å². The molecule has 0 fully saturated rings. The second-order valence-corrected chi connectivity index (χ2v) is 6.45. The molecule has 1 heterocycles. The number of carbonyl (C=O) groups is 2. The number of hydrogen-bond acceptors (Lipinski definition) is 4. The van der Waals surface area contributed by atoms with E-state index in [1.54, 1.807) is 0 Å². The third-order valence-electron chi connectivity index (χ3n) is 3.45. The number of amides is 1. The molecule has 0 radical (unpaired) electrons. The van der Waals surface area contributed by atoms with Crippen LogP contribution in [0, 0.1) is 12.7 Å². The highest BCUT2D eigenvalue weighted by atomic mass is 19.1. The van der Waals surface area contributed by atoms with Crippen LogP contribution in [0.25, 0.3) is 10.8 Å². The molecule has 7 nitrogen and oxygen atoms in total. The highest BCUT2D eigenvalue weighted by molar-refractivity contribution is 6.04. The Kier molecular flexibility index (Phi) is 3.47. The van der Waals surface area contributed by atoms with E-state index in [9.17, 15) is 23.9 Å². The fraction of sp³-hybridized carbons (Fsp3) is 0.389. The van der Waals surface area contributed by atoms with E-state index in [-0.39, 0.29) is 15.1 Å². The third kappa shape index (κ3) is 3.40. The molecule has 1 amide bonds. The monoisotopic (exact) mass is 369 g/mol. The first-order chi connectivity index (χ1) is 13.9. The molecule has 0 saturated heterocycles. The number of carboxylic acid groups (broad SMARTS) is 1. The van der Waals surface area contributed by atoms with E-state index in [0.29, 0.717) is 0 Å². The molecule has 1 N–H and O–H groups in total. The number of carboxylic acids is 1. The number of carbonyl (C=O) groups excluding carboxylic acids is 1. The molecule has 2 aromatic rings. The molecule has 0 bridgehead atoms. The van der Waals surface area contributed by atoms with Gasteiger partial charge in [-0.2, -0.15) is 0 Å². The lowest BCUT2D eigenvalue weighted by Gasteiger charge is -2.29. The number of pyridine rings is 1. The number of hydrogen-bond donors (Lipinski definition) is 1. The van der Waals surface area contributed by atoms with Crippen molar-refractivity contribution in [2.45, 2.75) is 40.1 Å². The van der Waals surface area contributed by atoms with Crippen LogP contribution >= 0.6 is 0 Å². The second kappa shape index (κ2) is 6.78. The molecule has 0 spiro atoms. The fourth-order valence-corrected chi connectivity index (χ4v) is 2.50.